The molecule has 0 fully saturated rings. The van der Waals surface area contributed by atoms with E-state index in [1.807, 2.05) is 37.3 Å². The molecule has 0 aliphatic rings. The molecule has 0 saturated carbocycles. The molecule has 3 heteroatoms. The summed E-state index contributed by atoms with van der Waals surface area (Å²) in [5, 5.41) is 3.13. The van der Waals surface area contributed by atoms with Crippen LogP contribution < -0.4 is 5.32 Å². The molecule has 0 bridgehead atoms. The highest BCUT2D eigenvalue weighted by atomic mass is 19.1. The van der Waals surface area contributed by atoms with Crippen molar-refractivity contribution in [1.82, 2.24) is 5.32 Å². The Balaban J connectivity index is 1.96. The first-order valence-electron chi connectivity index (χ1n) is 7.64. The highest BCUT2D eigenvalue weighted by molar-refractivity contribution is 5.77. The molecule has 0 radical (unpaired) electrons. The topological polar surface area (TPSA) is 29.1 Å². The number of amides is 1. The Morgan fingerprint density at radius 1 is 1.09 bits per heavy atom. The number of aryl methyl sites for hydroxylation is 1. The van der Waals surface area contributed by atoms with Gasteiger partial charge in [0.15, 0.2) is 0 Å². The van der Waals surface area contributed by atoms with E-state index in [-0.39, 0.29) is 17.3 Å². The monoisotopic (exact) mass is 299 g/mol. The van der Waals surface area contributed by atoms with E-state index in [0.717, 1.165) is 17.5 Å². The van der Waals surface area contributed by atoms with Crippen LogP contribution in [0.25, 0.3) is 0 Å². The smallest absolute Gasteiger partial charge is 0.221 e. The summed E-state index contributed by atoms with van der Waals surface area (Å²) in [6.07, 6.45) is 1.83. The van der Waals surface area contributed by atoms with Crippen LogP contribution >= 0.6 is 0 Å². The lowest BCUT2D eigenvalue weighted by molar-refractivity contribution is -0.123. The van der Waals surface area contributed by atoms with Crippen molar-refractivity contribution in [1.29, 1.82) is 0 Å². The van der Waals surface area contributed by atoms with E-state index in [4.69, 9.17) is 0 Å². The van der Waals surface area contributed by atoms with E-state index in [0.29, 0.717) is 12.8 Å². The molecule has 0 aliphatic heterocycles. The van der Waals surface area contributed by atoms with Gasteiger partial charge in [-0.2, -0.15) is 0 Å². The second kappa shape index (κ2) is 7.21. The minimum absolute atomic E-state index is 0.0116. The van der Waals surface area contributed by atoms with Crippen molar-refractivity contribution in [2.24, 2.45) is 0 Å². The molecule has 2 rings (SSSR count). The second-order valence-corrected chi connectivity index (χ2v) is 5.73. The molecule has 1 amide bonds. The lowest BCUT2D eigenvalue weighted by Gasteiger charge is -2.30. The molecule has 0 aliphatic carbocycles. The van der Waals surface area contributed by atoms with Crippen LogP contribution in [0.15, 0.2) is 54.6 Å². The molecule has 0 heterocycles. The van der Waals surface area contributed by atoms with Gasteiger partial charge in [-0.15, -0.1) is 0 Å². The summed E-state index contributed by atoms with van der Waals surface area (Å²) in [4.78, 5) is 12.2. The summed E-state index contributed by atoms with van der Waals surface area (Å²) in [7, 11) is 0. The van der Waals surface area contributed by atoms with Crippen LogP contribution in [-0.4, -0.2) is 5.91 Å². The number of nitrogens with one attached hydrogen (secondary N) is 1. The van der Waals surface area contributed by atoms with Crippen LogP contribution in [0.1, 0.15) is 37.8 Å². The fourth-order valence-electron chi connectivity index (χ4n) is 2.45. The lowest BCUT2D eigenvalue weighted by Crippen LogP contribution is -2.43. The summed E-state index contributed by atoms with van der Waals surface area (Å²) >= 11 is 0. The van der Waals surface area contributed by atoms with Gasteiger partial charge >= 0.3 is 0 Å². The highest BCUT2D eigenvalue weighted by Crippen LogP contribution is 2.24. The Hall–Kier alpha value is -2.16. The molecule has 1 N–H and O–H groups in total. The van der Waals surface area contributed by atoms with E-state index in [1.54, 1.807) is 12.1 Å². The van der Waals surface area contributed by atoms with E-state index in [2.05, 4.69) is 12.2 Å². The molecule has 0 aromatic heterocycles. The van der Waals surface area contributed by atoms with Crippen molar-refractivity contribution in [3.05, 3.63) is 71.5 Å². The minimum atomic E-state index is -0.360. The first kappa shape index (κ1) is 16.2. The van der Waals surface area contributed by atoms with Crippen LogP contribution in [0.3, 0.4) is 0 Å². The number of halogens is 1. The van der Waals surface area contributed by atoms with Crippen LogP contribution in [0.5, 0.6) is 0 Å². The molecule has 0 spiro atoms. The molecule has 1 unspecified atom stereocenters. The van der Waals surface area contributed by atoms with E-state index < -0.39 is 0 Å². The van der Waals surface area contributed by atoms with Gasteiger partial charge in [0.25, 0.3) is 0 Å². The van der Waals surface area contributed by atoms with Gasteiger partial charge in [-0.25, -0.2) is 4.39 Å². The summed E-state index contributed by atoms with van der Waals surface area (Å²) in [5.41, 5.74) is 1.71. The average Bonchev–Trinajstić information content (AvgIpc) is 2.55. The maximum atomic E-state index is 12.9. The van der Waals surface area contributed by atoms with Gasteiger partial charge in [0.2, 0.25) is 5.91 Å². The lowest BCUT2D eigenvalue weighted by atomic mass is 9.89. The van der Waals surface area contributed by atoms with Crippen LogP contribution in [0, 0.1) is 5.82 Å². The van der Waals surface area contributed by atoms with E-state index in [1.165, 1.54) is 12.1 Å². The largest absolute Gasteiger partial charge is 0.347 e. The first-order valence-corrected chi connectivity index (χ1v) is 7.64. The molecule has 2 nitrogen and oxygen atoms in total. The third-order valence-corrected chi connectivity index (χ3v) is 4.09. The summed E-state index contributed by atoms with van der Waals surface area (Å²) in [6, 6.07) is 16.3. The van der Waals surface area contributed by atoms with Gasteiger partial charge < -0.3 is 5.32 Å². The Labute approximate surface area is 131 Å². The summed E-state index contributed by atoms with van der Waals surface area (Å²) in [6.45, 7) is 4.10. The Morgan fingerprint density at radius 2 is 1.73 bits per heavy atom. The van der Waals surface area contributed by atoms with Gasteiger partial charge in [-0.3, -0.25) is 4.79 Å². The van der Waals surface area contributed by atoms with Gasteiger partial charge in [-0.1, -0.05) is 49.4 Å². The zero-order chi connectivity index (χ0) is 16.0. The number of hydrogen-bond donors (Lipinski definition) is 1. The molecule has 0 saturated heterocycles. The predicted molar refractivity (Wildman–Crippen MR) is 86.9 cm³/mol. The standard InChI is InChI=1S/C19H22FNO/c1-3-19(2,16-7-5-4-6-8-16)21-18(22)14-11-15-9-12-17(20)13-10-15/h4-10,12-13H,3,11,14H2,1-2H3,(H,21,22). The molecule has 1 atom stereocenters. The van der Waals surface area contributed by atoms with Crippen molar-refractivity contribution in [2.75, 3.05) is 0 Å². The van der Waals surface area contributed by atoms with Crippen LogP contribution in [-0.2, 0) is 16.8 Å². The normalized spacial score (nSPS) is 13.4. The van der Waals surface area contributed by atoms with Gasteiger partial charge in [-0.05, 0) is 43.0 Å². The zero-order valence-electron chi connectivity index (χ0n) is 13.1. The Morgan fingerprint density at radius 3 is 2.32 bits per heavy atom. The van der Waals surface area contributed by atoms with Gasteiger partial charge in [0, 0.05) is 6.42 Å². The fourth-order valence-corrected chi connectivity index (χ4v) is 2.45. The maximum Gasteiger partial charge on any atom is 0.221 e. The van der Waals surface area contributed by atoms with E-state index in [9.17, 15) is 9.18 Å². The van der Waals surface area contributed by atoms with Crippen LogP contribution in [0.2, 0.25) is 0 Å². The Bertz CT molecular complexity index is 609. The second-order valence-electron chi connectivity index (χ2n) is 5.73. The average molecular weight is 299 g/mol. The minimum Gasteiger partial charge on any atom is -0.347 e. The van der Waals surface area contributed by atoms with Crippen molar-refractivity contribution in [3.63, 3.8) is 0 Å². The van der Waals surface area contributed by atoms with Gasteiger partial charge in [0.05, 0.1) is 5.54 Å². The SMILES string of the molecule is CCC(C)(NC(=O)CCc1ccc(F)cc1)c1ccccc1. The van der Waals surface area contributed by atoms with Crippen molar-refractivity contribution >= 4 is 5.91 Å². The molecule has 2 aromatic rings. The quantitative estimate of drug-likeness (QED) is 0.851. The van der Waals surface area contributed by atoms with Crippen molar-refractivity contribution in [2.45, 2.75) is 38.6 Å². The van der Waals surface area contributed by atoms with Crippen molar-refractivity contribution < 1.29 is 9.18 Å². The Kier molecular flexibility index (Phi) is 5.31. The number of benzene rings is 2. The molecular weight excluding hydrogens is 277 g/mol. The molecule has 116 valence electrons. The van der Waals surface area contributed by atoms with E-state index >= 15 is 0 Å². The number of carbonyl (C=O) groups is 1. The third kappa shape index (κ3) is 4.17. The zero-order valence-corrected chi connectivity index (χ0v) is 13.1. The third-order valence-electron chi connectivity index (χ3n) is 4.09. The first-order chi connectivity index (χ1) is 10.5. The van der Waals surface area contributed by atoms with Gasteiger partial charge in [0.1, 0.15) is 5.82 Å². The van der Waals surface area contributed by atoms with Crippen LogP contribution in [0.4, 0.5) is 4.39 Å². The fraction of sp³-hybridized carbons (Fsp3) is 0.316. The molecule has 2 aromatic carbocycles. The summed E-state index contributed by atoms with van der Waals surface area (Å²) in [5.74, 6) is -0.242. The molecule has 22 heavy (non-hydrogen) atoms. The number of hydrogen-bond acceptors (Lipinski definition) is 1. The summed E-state index contributed by atoms with van der Waals surface area (Å²) < 4.78 is 12.9. The predicted octanol–water partition coefficient (Wildman–Crippen LogP) is 4.20. The highest BCUT2D eigenvalue weighted by Gasteiger charge is 2.25. The number of carbonyl (C=O) groups excluding carboxylic acids is 1. The maximum absolute atomic E-state index is 12.9. The number of rotatable bonds is 6. The molecular formula is C19H22FNO. The van der Waals surface area contributed by atoms with Crippen molar-refractivity contribution in [3.8, 4) is 0 Å².